The number of carbonyl (C=O) groups is 2. The van der Waals surface area contributed by atoms with Crippen LogP contribution in [0.25, 0.3) is 0 Å². The summed E-state index contributed by atoms with van der Waals surface area (Å²) < 4.78 is 5.53. The van der Waals surface area contributed by atoms with Gasteiger partial charge in [0.2, 0.25) is 12.2 Å². The van der Waals surface area contributed by atoms with Gasteiger partial charge in [-0.2, -0.15) is 0 Å². The zero-order chi connectivity index (χ0) is 24.4. The Kier molecular flexibility index (Phi) is 6.94. The summed E-state index contributed by atoms with van der Waals surface area (Å²) in [5.74, 6) is -0.869. The van der Waals surface area contributed by atoms with Crippen LogP contribution in [0.5, 0.6) is 0 Å². The zero-order valence-electron chi connectivity index (χ0n) is 18.8. The maximum Gasteiger partial charge on any atom is 0.281 e. The Bertz CT molecular complexity index is 1090. The molecular weight excluding hydrogens is 442 g/mol. The van der Waals surface area contributed by atoms with E-state index in [-0.39, 0.29) is 11.6 Å². The third kappa shape index (κ3) is 4.66. The molecule has 0 aliphatic carbocycles. The number of hydrogen-bond acceptors (Lipinski definition) is 8. The van der Waals surface area contributed by atoms with E-state index in [0.29, 0.717) is 17.8 Å². The van der Waals surface area contributed by atoms with Crippen LogP contribution in [0.15, 0.2) is 53.7 Å². The summed E-state index contributed by atoms with van der Waals surface area (Å²) in [5, 5.41) is 36.6. The summed E-state index contributed by atoms with van der Waals surface area (Å²) in [4.78, 5) is 32.1. The minimum Gasteiger partial charge on any atom is -0.394 e. The number of aliphatic hydroxyl groups excluding tert-OH is 3. The van der Waals surface area contributed by atoms with Crippen molar-refractivity contribution in [3.05, 3.63) is 65.2 Å². The molecule has 4 rings (SSSR count). The molecule has 5 unspecified atom stereocenters. The van der Waals surface area contributed by atoms with Crippen LogP contribution < -0.4 is 10.2 Å². The van der Waals surface area contributed by atoms with Gasteiger partial charge in [-0.3, -0.25) is 9.59 Å². The van der Waals surface area contributed by atoms with Crippen molar-refractivity contribution in [2.75, 3.05) is 11.5 Å². The molecule has 2 amide bonds. The van der Waals surface area contributed by atoms with Crippen LogP contribution in [0.4, 0.5) is 5.69 Å². The van der Waals surface area contributed by atoms with Crippen molar-refractivity contribution in [1.29, 1.82) is 0 Å². The number of carbonyl (C=O) groups excluding carboxylic acids is 2. The summed E-state index contributed by atoms with van der Waals surface area (Å²) in [6, 6.07) is 13.9. The van der Waals surface area contributed by atoms with Gasteiger partial charge in [0, 0.05) is 12.5 Å². The van der Waals surface area contributed by atoms with Gasteiger partial charge >= 0.3 is 0 Å². The number of ether oxygens (including phenoxy) is 1. The monoisotopic (exact) mass is 469 g/mol. The lowest BCUT2D eigenvalue weighted by Gasteiger charge is -2.40. The van der Waals surface area contributed by atoms with E-state index in [2.05, 4.69) is 10.5 Å². The maximum absolute atomic E-state index is 13.3. The van der Waals surface area contributed by atoms with Crippen molar-refractivity contribution in [2.45, 2.75) is 51.0 Å². The maximum atomic E-state index is 13.3. The highest BCUT2D eigenvalue weighted by Gasteiger charge is 2.46. The SMILES string of the molecule is CC(=O)NC1C(O/N=C2/C(=O)N(Cc3ccccc3)c3ccc(C)cc32)OC(CO)C(O)C1O. The van der Waals surface area contributed by atoms with E-state index in [9.17, 15) is 24.9 Å². The van der Waals surface area contributed by atoms with Crippen molar-refractivity contribution in [3.63, 3.8) is 0 Å². The molecule has 2 aromatic carbocycles. The number of anilines is 1. The predicted octanol–water partition coefficient (Wildman–Crippen LogP) is 0.206. The highest BCUT2D eigenvalue weighted by atomic mass is 16.8. The second kappa shape index (κ2) is 9.90. The molecule has 2 aliphatic heterocycles. The smallest absolute Gasteiger partial charge is 0.281 e. The lowest BCUT2D eigenvalue weighted by atomic mass is 9.97. The molecule has 4 N–H and O–H groups in total. The molecule has 2 aliphatic rings. The standard InChI is InChI=1S/C24H27N3O7/c1-13-8-9-17-16(10-13)19(23(32)27(17)11-15-6-4-3-5-7-15)26-34-24-20(25-14(2)29)22(31)21(30)18(12-28)33-24/h3-10,18,20-22,24,28,30-31H,11-12H2,1-2H3,(H,25,29)/b26-19+. The lowest BCUT2D eigenvalue weighted by Crippen LogP contribution is -2.64. The fourth-order valence-electron chi connectivity index (χ4n) is 4.10. The molecule has 1 fully saturated rings. The normalized spacial score (nSPS) is 27.6. The summed E-state index contributed by atoms with van der Waals surface area (Å²) in [5.41, 5.74) is 3.15. The van der Waals surface area contributed by atoms with Crippen LogP contribution in [0.3, 0.4) is 0 Å². The Morgan fingerprint density at radius 3 is 2.59 bits per heavy atom. The summed E-state index contributed by atoms with van der Waals surface area (Å²) in [6.45, 7) is 2.87. The molecule has 180 valence electrons. The van der Waals surface area contributed by atoms with Crippen LogP contribution in [0.2, 0.25) is 0 Å². The first-order valence-electron chi connectivity index (χ1n) is 10.9. The van der Waals surface area contributed by atoms with Crippen LogP contribution in [-0.4, -0.2) is 70.1 Å². The number of nitrogens with one attached hydrogen (secondary N) is 1. The topological polar surface area (TPSA) is 141 Å². The first-order valence-corrected chi connectivity index (χ1v) is 10.9. The third-order valence-corrected chi connectivity index (χ3v) is 5.83. The second-order valence-electron chi connectivity index (χ2n) is 8.38. The average molecular weight is 469 g/mol. The summed E-state index contributed by atoms with van der Waals surface area (Å²) in [7, 11) is 0. The number of aliphatic hydroxyl groups is 3. The Hall–Kier alpha value is -3.31. The first-order chi connectivity index (χ1) is 16.3. The van der Waals surface area contributed by atoms with Gasteiger partial charge in [0.05, 0.1) is 18.8 Å². The highest BCUT2D eigenvalue weighted by Crippen LogP contribution is 2.32. The van der Waals surface area contributed by atoms with E-state index in [1.165, 1.54) is 6.92 Å². The van der Waals surface area contributed by atoms with Gasteiger partial charge in [0.25, 0.3) is 5.91 Å². The number of hydrogen-bond donors (Lipinski definition) is 4. The summed E-state index contributed by atoms with van der Waals surface area (Å²) >= 11 is 0. The van der Waals surface area contributed by atoms with Crippen LogP contribution >= 0.6 is 0 Å². The molecule has 0 bridgehead atoms. The van der Waals surface area contributed by atoms with E-state index in [4.69, 9.17) is 9.57 Å². The molecule has 0 spiro atoms. The van der Waals surface area contributed by atoms with E-state index in [0.717, 1.165) is 11.1 Å². The Morgan fingerprint density at radius 1 is 1.18 bits per heavy atom. The molecule has 0 radical (unpaired) electrons. The van der Waals surface area contributed by atoms with Crippen molar-refractivity contribution >= 4 is 23.2 Å². The quantitative estimate of drug-likeness (QED) is 0.443. The van der Waals surface area contributed by atoms with Crippen LogP contribution in [0, 0.1) is 6.92 Å². The van der Waals surface area contributed by atoms with Crippen molar-refractivity contribution < 1.29 is 34.5 Å². The Balaban J connectivity index is 1.64. The molecule has 34 heavy (non-hydrogen) atoms. The van der Waals surface area contributed by atoms with Crippen molar-refractivity contribution in [1.82, 2.24) is 5.32 Å². The fraction of sp³-hybridized carbons (Fsp3) is 0.375. The van der Waals surface area contributed by atoms with Gasteiger partial charge in [-0.05, 0) is 24.6 Å². The molecule has 5 atom stereocenters. The Morgan fingerprint density at radius 2 is 1.91 bits per heavy atom. The number of fused-ring (bicyclic) bond motifs is 1. The third-order valence-electron chi connectivity index (χ3n) is 5.83. The number of nitrogens with zero attached hydrogens (tertiary/aromatic N) is 2. The minimum absolute atomic E-state index is 0.0426. The van der Waals surface area contributed by atoms with E-state index >= 15 is 0 Å². The Labute approximate surface area is 196 Å². The molecule has 2 heterocycles. The number of rotatable bonds is 6. The average Bonchev–Trinajstić information content (AvgIpc) is 3.07. The van der Waals surface area contributed by atoms with Crippen LogP contribution in [-0.2, 0) is 25.7 Å². The molecule has 1 saturated heterocycles. The van der Waals surface area contributed by atoms with Crippen LogP contribution in [0.1, 0.15) is 23.6 Å². The number of amides is 2. The van der Waals surface area contributed by atoms with Crippen molar-refractivity contribution in [2.24, 2.45) is 5.16 Å². The fourth-order valence-corrected chi connectivity index (χ4v) is 4.10. The molecule has 10 heteroatoms. The highest BCUT2D eigenvalue weighted by molar-refractivity contribution is 6.54. The largest absolute Gasteiger partial charge is 0.394 e. The van der Waals surface area contributed by atoms with Gasteiger partial charge in [0.15, 0.2) is 5.71 Å². The first kappa shape index (κ1) is 23.8. The molecule has 2 aromatic rings. The molecule has 0 saturated carbocycles. The molecule has 0 aromatic heterocycles. The second-order valence-corrected chi connectivity index (χ2v) is 8.38. The minimum atomic E-state index is -1.48. The molecular formula is C24H27N3O7. The van der Waals surface area contributed by atoms with Gasteiger partial charge in [-0.25, -0.2) is 0 Å². The van der Waals surface area contributed by atoms with Gasteiger partial charge in [-0.1, -0.05) is 47.1 Å². The predicted molar refractivity (Wildman–Crippen MR) is 122 cm³/mol. The van der Waals surface area contributed by atoms with Gasteiger partial charge in [0.1, 0.15) is 24.4 Å². The van der Waals surface area contributed by atoms with Gasteiger partial charge in [-0.15, -0.1) is 0 Å². The van der Waals surface area contributed by atoms with Crippen molar-refractivity contribution in [3.8, 4) is 0 Å². The van der Waals surface area contributed by atoms with E-state index < -0.39 is 43.2 Å². The zero-order valence-corrected chi connectivity index (χ0v) is 18.8. The summed E-state index contributed by atoms with van der Waals surface area (Å²) in [6.07, 6.45) is -5.44. The van der Waals surface area contributed by atoms with Gasteiger partial charge < -0.3 is 35.1 Å². The van der Waals surface area contributed by atoms with E-state index in [1.807, 2.05) is 55.5 Å². The lowest BCUT2D eigenvalue weighted by molar-refractivity contribution is -0.270. The molecule has 10 nitrogen and oxygen atoms in total. The number of benzene rings is 2. The van der Waals surface area contributed by atoms with E-state index in [1.54, 1.807) is 4.90 Å². The number of oxime groups is 1. The number of aryl methyl sites for hydroxylation is 1.